The van der Waals surface area contributed by atoms with Crippen molar-refractivity contribution >= 4 is 6.34 Å². The Balaban J connectivity index is 2.30. The third kappa shape index (κ3) is 1.59. The van der Waals surface area contributed by atoms with Crippen molar-refractivity contribution in [2.24, 2.45) is 11.0 Å². The van der Waals surface area contributed by atoms with E-state index in [-0.39, 0.29) is 6.17 Å². The van der Waals surface area contributed by atoms with E-state index >= 15 is 0 Å². The fourth-order valence-corrected chi connectivity index (χ4v) is 0.910. The van der Waals surface area contributed by atoms with Crippen LogP contribution in [0.3, 0.4) is 0 Å². The van der Waals surface area contributed by atoms with Crippen molar-refractivity contribution in [2.45, 2.75) is 26.4 Å². The van der Waals surface area contributed by atoms with Crippen LogP contribution >= 0.6 is 0 Å². The smallest absolute Gasteiger partial charge is 0.147 e. The summed E-state index contributed by atoms with van der Waals surface area (Å²) in [5.74, 6) is 0.484. The van der Waals surface area contributed by atoms with Crippen LogP contribution in [0.15, 0.2) is 5.10 Å². The number of hydrogen-bond donors (Lipinski definition) is 1. The Bertz CT molecular complexity index is 135. The van der Waals surface area contributed by atoms with E-state index in [1.165, 1.54) is 0 Å². The quantitative estimate of drug-likeness (QED) is 0.589. The number of hydrazone groups is 1. The molecule has 0 saturated heterocycles. The highest BCUT2D eigenvalue weighted by atomic mass is 19.2. The van der Waals surface area contributed by atoms with Gasteiger partial charge >= 0.3 is 0 Å². The second-order valence-electron chi connectivity index (χ2n) is 2.86. The molecule has 0 aliphatic carbocycles. The molecule has 1 atom stereocenters. The van der Waals surface area contributed by atoms with Crippen LogP contribution in [0.2, 0.25) is 0 Å². The first-order valence-corrected chi connectivity index (χ1v) is 3.43. The second kappa shape index (κ2) is 2.86. The molecule has 0 aromatic rings. The van der Waals surface area contributed by atoms with Crippen LogP contribution in [-0.2, 0) is 0 Å². The third-order valence-electron chi connectivity index (χ3n) is 1.38. The molecule has 0 radical (unpaired) electrons. The molecule has 1 aliphatic heterocycles. The Hall–Kier alpha value is -0.800. The van der Waals surface area contributed by atoms with Gasteiger partial charge in [0.05, 0.1) is 0 Å². The lowest BCUT2D eigenvalue weighted by atomic mass is 10.1. The van der Waals surface area contributed by atoms with Crippen molar-refractivity contribution in [1.82, 2.24) is 10.5 Å². The van der Waals surface area contributed by atoms with Crippen molar-refractivity contribution in [1.29, 1.82) is 0 Å². The normalized spacial score (nSPS) is 24.0. The maximum Gasteiger partial charge on any atom is 0.147 e. The molecule has 10 heavy (non-hydrogen) atoms. The van der Waals surface area contributed by atoms with Crippen LogP contribution in [0, 0.1) is 5.92 Å². The molecule has 3 nitrogen and oxygen atoms in total. The zero-order valence-corrected chi connectivity index (χ0v) is 6.21. The first-order chi connectivity index (χ1) is 4.70. The minimum Gasteiger partial charge on any atom is -0.284 e. The van der Waals surface area contributed by atoms with E-state index in [0.717, 1.165) is 12.8 Å². The van der Waals surface area contributed by atoms with E-state index in [9.17, 15) is 4.48 Å². The first kappa shape index (κ1) is 7.31. The number of nitrogens with zero attached hydrogens (tertiary/aromatic N) is 2. The third-order valence-corrected chi connectivity index (χ3v) is 1.38. The summed E-state index contributed by atoms with van der Waals surface area (Å²) >= 11 is 0. The zero-order chi connectivity index (χ0) is 7.56. The monoisotopic (exact) mass is 145 g/mol. The van der Waals surface area contributed by atoms with Crippen LogP contribution in [0.1, 0.15) is 20.3 Å². The van der Waals surface area contributed by atoms with E-state index in [1.54, 1.807) is 0 Å². The summed E-state index contributed by atoms with van der Waals surface area (Å²) in [5, 5.41) is 4.17. The molecule has 1 N–H and O–H groups in total. The van der Waals surface area contributed by atoms with Gasteiger partial charge < -0.3 is 0 Å². The maximum absolute atomic E-state index is 12.6. The number of halogens is 1. The molecule has 1 aliphatic rings. The average Bonchev–Trinajstić information content (AvgIpc) is 2.15. The van der Waals surface area contributed by atoms with Crippen LogP contribution in [0.5, 0.6) is 0 Å². The van der Waals surface area contributed by atoms with Gasteiger partial charge in [-0.3, -0.25) is 5.43 Å². The zero-order valence-electron chi connectivity index (χ0n) is 6.21. The van der Waals surface area contributed by atoms with Gasteiger partial charge in [0.25, 0.3) is 0 Å². The maximum atomic E-state index is 12.6. The van der Waals surface area contributed by atoms with Gasteiger partial charge in [0.2, 0.25) is 0 Å². The molecule has 1 unspecified atom stereocenters. The van der Waals surface area contributed by atoms with E-state index in [1.807, 2.05) is 13.8 Å². The minimum absolute atomic E-state index is 0.250. The van der Waals surface area contributed by atoms with Crippen LogP contribution in [0.25, 0.3) is 0 Å². The fourth-order valence-electron chi connectivity index (χ4n) is 0.910. The largest absolute Gasteiger partial charge is 0.284 e. The van der Waals surface area contributed by atoms with E-state index < -0.39 is 0 Å². The summed E-state index contributed by atoms with van der Waals surface area (Å²) in [6.45, 7) is 4.10. The molecular weight excluding hydrogens is 133 g/mol. The van der Waals surface area contributed by atoms with Gasteiger partial charge in [0.1, 0.15) is 12.5 Å². The van der Waals surface area contributed by atoms with Crippen molar-refractivity contribution in [2.75, 3.05) is 0 Å². The van der Waals surface area contributed by atoms with Gasteiger partial charge in [0, 0.05) is 0 Å². The standard InChI is InChI=1S/C6H12FN3/c1-5(2)3-6-9-8-4-10(6)7/h4-6,9H,3H2,1-2H3. The Morgan fingerprint density at radius 2 is 2.50 bits per heavy atom. The number of rotatable bonds is 2. The average molecular weight is 145 g/mol. The summed E-state index contributed by atoms with van der Waals surface area (Å²) in [6, 6.07) is 0. The van der Waals surface area contributed by atoms with Gasteiger partial charge in [-0.25, -0.2) is 0 Å². The molecule has 0 aromatic carbocycles. The fraction of sp³-hybridized carbons (Fsp3) is 0.833. The summed E-state index contributed by atoms with van der Waals surface area (Å²) < 4.78 is 12.6. The summed E-state index contributed by atoms with van der Waals surface area (Å²) in [7, 11) is 0. The molecule has 0 bridgehead atoms. The van der Waals surface area contributed by atoms with Gasteiger partial charge in [-0.2, -0.15) is 10.2 Å². The molecule has 0 fully saturated rings. The molecule has 1 heterocycles. The predicted molar refractivity (Wildman–Crippen MR) is 37.8 cm³/mol. The lowest BCUT2D eigenvalue weighted by Crippen LogP contribution is -2.32. The molecule has 0 spiro atoms. The molecule has 58 valence electrons. The molecule has 4 heteroatoms. The lowest BCUT2D eigenvalue weighted by molar-refractivity contribution is 0.0611. The molecule has 0 amide bonds. The van der Waals surface area contributed by atoms with Crippen molar-refractivity contribution in [3.8, 4) is 0 Å². The minimum atomic E-state index is -0.250. The van der Waals surface area contributed by atoms with E-state index in [2.05, 4.69) is 10.5 Å². The Morgan fingerprint density at radius 1 is 1.80 bits per heavy atom. The molecular formula is C6H12FN3. The first-order valence-electron chi connectivity index (χ1n) is 3.43. The number of nitrogens with one attached hydrogen (secondary N) is 1. The highest BCUT2D eigenvalue weighted by Gasteiger charge is 2.19. The summed E-state index contributed by atoms with van der Waals surface area (Å²) in [6.07, 6.45) is 1.68. The lowest BCUT2D eigenvalue weighted by Gasteiger charge is -2.16. The van der Waals surface area contributed by atoms with E-state index in [4.69, 9.17) is 0 Å². The predicted octanol–water partition coefficient (Wildman–Crippen LogP) is 1.09. The van der Waals surface area contributed by atoms with Gasteiger partial charge in [-0.05, 0) is 12.3 Å². The molecule has 0 aromatic heterocycles. The topological polar surface area (TPSA) is 27.6 Å². The number of hydrogen-bond acceptors (Lipinski definition) is 3. The molecule has 1 rings (SSSR count). The van der Waals surface area contributed by atoms with Crippen LogP contribution in [0.4, 0.5) is 4.48 Å². The Labute approximate surface area is 59.8 Å². The van der Waals surface area contributed by atoms with Gasteiger partial charge in [0.15, 0.2) is 0 Å². The van der Waals surface area contributed by atoms with Gasteiger partial charge in [-0.15, -0.1) is 0 Å². The van der Waals surface area contributed by atoms with Gasteiger partial charge in [-0.1, -0.05) is 18.3 Å². The summed E-state index contributed by atoms with van der Waals surface area (Å²) in [4.78, 5) is 0. The Morgan fingerprint density at radius 3 is 2.90 bits per heavy atom. The highest BCUT2D eigenvalue weighted by Crippen LogP contribution is 2.10. The second-order valence-corrected chi connectivity index (χ2v) is 2.86. The summed E-state index contributed by atoms with van der Waals surface area (Å²) in [5.41, 5.74) is 2.66. The molecule has 0 saturated carbocycles. The van der Waals surface area contributed by atoms with Crippen LogP contribution < -0.4 is 5.43 Å². The van der Waals surface area contributed by atoms with Crippen LogP contribution in [-0.4, -0.2) is 17.6 Å². The van der Waals surface area contributed by atoms with Crippen molar-refractivity contribution < 1.29 is 4.48 Å². The SMILES string of the molecule is CC(C)CC1NN=CN1F. The highest BCUT2D eigenvalue weighted by molar-refractivity contribution is 5.55. The van der Waals surface area contributed by atoms with E-state index in [0.29, 0.717) is 11.0 Å². The van der Waals surface area contributed by atoms with Crippen molar-refractivity contribution in [3.63, 3.8) is 0 Å². The Kier molecular flexibility index (Phi) is 2.09. The van der Waals surface area contributed by atoms with Crippen molar-refractivity contribution in [3.05, 3.63) is 0 Å².